The Labute approximate surface area is 163 Å². The fourth-order valence-corrected chi connectivity index (χ4v) is 3.38. The summed E-state index contributed by atoms with van der Waals surface area (Å²) in [6.45, 7) is 2.45. The van der Waals surface area contributed by atoms with Crippen LogP contribution in [0.5, 0.6) is 11.5 Å². The zero-order chi connectivity index (χ0) is 19.5. The van der Waals surface area contributed by atoms with Gasteiger partial charge < -0.3 is 19.3 Å². The highest BCUT2D eigenvalue weighted by atomic mass is 16.5. The number of rotatable bonds is 6. The minimum absolute atomic E-state index is 0.123. The quantitative estimate of drug-likeness (QED) is 0.710. The highest BCUT2D eigenvalue weighted by molar-refractivity contribution is 5.78. The molecule has 1 aliphatic heterocycles. The molecule has 6 nitrogen and oxygen atoms in total. The summed E-state index contributed by atoms with van der Waals surface area (Å²) in [6, 6.07) is 15.4. The average Bonchev–Trinajstić information content (AvgIpc) is 3.31. The molecule has 1 unspecified atom stereocenters. The third kappa shape index (κ3) is 3.86. The maximum atomic E-state index is 12.3. The van der Waals surface area contributed by atoms with Crippen molar-refractivity contribution >= 4 is 5.91 Å². The fourth-order valence-electron chi connectivity index (χ4n) is 3.38. The zero-order valence-electron chi connectivity index (χ0n) is 15.9. The summed E-state index contributed by atoms with van der Waals surface area (Å²) < 4.78 is 16.5. The van der Waals surface area contributed by atoms with Crippen molar-refractivity contribution in [1.82, 2.24) is 10.5 Å². The lowest BCUT2D eigenvalue weighted by Crippen LogP contribution is -2.24. The Kier molecular flexibility index (Phi) is 5.02. The molecular weight excluding hydrogens is 356 g/mol. The van der Waals surface area contributed by atoms with Gasteiger partial charge in [-0.05, 0) is 36.8 Å². The molecule has 0 spiro atoms. The summed E-state index contributed by atoms with van der Waals surface area (Å²) in [5, 5.41) is 6.93. The van der Waals surface area contributed by atoms with E-state index in [1.165, 1.54) is 0 Å². The van der Waals surface area contributed by atoms with E-state index in [0.29, 0.717) is 18.0 Å². The van der Waals surface area contributed by atoms with Gasteiger partial charge in [0.1, 0.15) is 17.6 Å². The van der Waals surface area contributed by atoms with E-state index >= 15 is 0 Å². The molecule has 0 fully saturated rings. The van der Waals surface area contributed by atoms with Gasteiger partial charge in [-0.1, -0.05) is 23.4 Å². The molecule has 1 N–H and O–H groups in total. The first-order valence-corrected chi connectivity index (χ1v) is 9.26. The lowest BCUT2D eigenvalue weighted by molar-refractivity contribution is -0.120. The number of methoxy groups -OCH3 is 1. The Morgan fingerprint density at radius 1 is 1.25 bits per heavy atom. The molecule has 1 aromatic heterocycles. The molecule has 1 amide bonds. The summed E-state index contributed by atoms with van der Waals surface area (Å²) in [4.78, 5) is 12.3. The van der Waals surface area contributed by atoms with E-state index < -0.39 is 0 Å². The van der Waals surface area contributed by atoms with Gasteiger partial charge in [-0.2, -0.15) is 0 Å². The van der Waals surface area contributed by atoms with Crippen LogP contribution in [0, 0.1) is 0 Å². The number of nitrogens with one attached hydrogen (secondary N) is 1. The maximum Gasteiger partial charge on any atom is 0.226 e. The minimum Gasteiger partial charge on any atom is -0.496 e. The molecule has 0 aliphatic carbocycles. The Bertz CT molecular complexity index is 996. The Morgan fingerprint density at radius 2 is 2.11 bits per heavy atom. The van der Waals surface area contributed by atoms with Crippen molar-refractivity contribution in [2.75, 3.05) is 7.11 Å². The molecule has 144 valence electrons. The number of fused-ring (bicyclic) bond motifs is 1. The minimum atomic E-state index is -0.123. The number of ether oxygens (including phenoxy) is 2. The van der Waals surface area contributed by atoms with Crippen LogP contribution in [-0.4, -0.2) is 24.3 Å². The first kappa shape index (κ1) is 18.1. The highest BCUT2D eigenvalue weighted by Gasteiger charge is 2.20. The topological polar surface area (TPSA) is 73.6 Å². The number of para-hydroxylation sites is 1. The third-order valence-corrected chi connectivity index (χ3v) is 4.75. The molecule has 0 bridgehead atoms. The van der Waals surface area contributed by atoms with Gasteiger partial charge in [-0.25, -0.2) is 0 Å². The standard InChI is InChI=1S/C22H22N2O4/c1-14-9-17-10-15(7-8-20(17)27-14)21-11-18(24-28-21)12-22(25)23-13-16-5-3-4-6-19(16)26-2/h3-8,10-11,14H,9,12-13H2,1-2H3,(H,23,25). The van der Waals surface area contributed by atoms with Crippen LogP contribution in [0.1, 0.15) is 23.7 Å². The smallest absolute Gasteiger partial charge is 0.226 e. The SMILES string of the molecule is COc1ccccc1CNC(=O)Cc1cc(-c2ccc3c(c2)CC(C)O3)on1. The van der Waals surface area contributed by atoms with Crippen molar-refractivity contribution in [2.45, 2.75) is 32.4 Å². The van der Waals surface area contributed by atoms with Gasteiger partial charge in [-0.3, -0.25) is 4.79 Å². The second kappa shape index (κ2) is 7.76. The first-order chi connectivity index (χ1) is 13.6. The van der Waals surface area contributed by atoms with E-state index in [-0.39, 0.29) is 18.4 Å². The maximum absolute atomic E-state index is 12.3. The molecule has 4 rings (SSSR count). The van der Waals surface area contributed by atoms with Crippen LogP contribution >= 0.6 is 0 Å². The average molecular weight is 378 g/mol. The molecule has 1 aliphatic rings. The van der Waals surface area contributed by atoms with Gasteiger partial charge in [-0.15, -0.1) is 0 Å². The monoisotopic (exact) mass is 378 g/mol. The number of nitrogens with zero attached hydrogens (tertiary/aromatic N) is 1. The van der Waals surface area contributed by atoms with Gasteiger partial charge in [0.25, 0.3) is 0 Å². The molecule has 28 heavy (non-hydrogen) atoms. The first-order valence-electron chi connectivity index (χ1n) is 9.26. The normalized spacial score (nSPS) is 15.0. The molecular formula is C22H22N2O4. The zero-order valence-corrected chi connectivity index (χ0v) is 15.9. The van der Waals surface area contributed by atoms with Gasteiger partial charge >= 0.3 is 0 Å². The van der Waals surface area contributed by atoms with Crippen molar-refractivity contribution in [3.8, 4) is 22.8 Å². The summed E-state index contributed by atoms with van der Waals surface area (Å²) >= 11 is 0. The second-order valence-electron chi connectivity index (χ2n) is 6.90. The Morgan fingerprint density at radius 3 is 2.96 bits per heavy atom. The number of aromatic nitrogens is 1. The lowest BCUT2D eigenvalue weighted by atomic mass is 10.1. The molecule has 6 heteroatoms. The number of carbonyl (C=O) groups excluding carboxylic acids is 1. The largest absolute Gasteiger partial charge is 0.496 e. The van der Waals surface area contributed by atoms with Gasteiger partial charge in [0, 0.05) is 30.2 Å². The van der Waals surface area contributed by atoms with Crippen LogP contribution in [0.4, 0.5) is 0 Å². The van der Waals surface area contributed by atoms with Crippen LogP contribution in [0.15, 0.2) is 53.1 Å². The molecule has 2 heterocycles. The summed E-state index contributed by atoms with van der Waals surface area (Å²) in [5.41, 5.74) is 3.62. The van der Waals surface area contributed by atoms with Gasteiger partial charge in [0.2, 0.25) is 5.91 Å². The number of amides is 1. The van der Waals surface area contributed by atoms with Crippen LogP contribution < -0.4 is 14.8 Å². The fraction of sp³-hybridized carbons (Fsp3) is 0.273. The molecule has 0 radical (unpaired) electrons. The van der Waals surface area contributed by atoms with Gasteiger partial charge in [0.15, 0.2) is 5.76 Å². The predicted octanol–water partition coefficient (Wildman–Crippen LogP) is 3.53. The van der Waals surface area contributed by atoms with Crippen molar-refractivity contribution in [3.63, 3.8) is 0 Å². The van der Waals surface area contributed by atoms with E-state index in [4.69, 9.17) is 14.0 Å². The third-order valence-electron chi connectivity index (χ3n) is 4.75. The Hall–Kier alpha value is -3.28. The van der Waals surface area contributed by atoms with Crippen LogP contribution in [0.25, 0.3) is 11.3 Å². The van der Waals surface area contributed by atoms with Gasteiger partial charge in [0.05, 0.1) is 19.2 Å². The molecule has 0 saturated carbocycles. The number of carbonyl (C=O) groups is 1. The second-order valence-corrected chi connectivity index (χ2v) is 6.90. The number of benzene rings is 2. The van der Waals surface area contributed by atoms with Crippen LogP contribution in [-0.2, 0) is 24.2 Å². The van der Waals surface area contributed by atoms with E-state index in [0.717, 1.165) is 34.6 Å². The summed E-state index contributed by atoms with van der Waals surface area (Å²) in [7, 11) is 1.61. The van der Waals surface area contributed by atoms with Crippen molar-refractivity contribution in [2.24, 2.45) is 0 Å². The van der Waals surface area contributed by atoms with E-state index in [1.54, 1.807) is 7.11 Å². The number of hydrogen-bond acceptors (Lipinski definition) is 5. The summed E-state index contributed by atoms with van der Waals surface area (Å²) in [6.07, 6.45) is 1.24. The van der Waals surface area contributed by atoms with E-state index in [1.807, 2.05) is 42.5 Å². The molecule has 2 aromatic carbocycles. The van der Waals surface area contributed by atoms with Crippen molar-refractivity contribution < 1.29 is 18.8 Å². The van der Waals surface area contributed by atoms with Crippen molar-refractivity contribution in [1.29, 1.82) is 0 Å². The molecule has 1 atom stereocenters. The molecule has 3 aromatic rings. The summed E-state index contributed by atoms with van der Waals surface area (Å²) in [5.74, 6) is 2.20. The van der Waals surface area contributed by atoms with E-state index in [9.17, 15) is 4.79 Å². The van der Waals surface area contributed by atoms with Crippen molar-refractivity contribution in [3.05, 3.63) is 65.4 Å². The number of hydrogen-bond donors (Lipinski definition) is 1. The predicted molar refractivity (Wildman–Crippen MR) is 104 cm³/mol. The van der Waals surface area contributed by atoms with Crippen LogP contribution in [0.2, 0.25) is 0 Å². The van der Waals surface area contributed by atoms with Crippen LogP contribution in [0.3, 0.4) is 0 Å². The lowest BCUT2D eigenvalue weighted by Gasteiger charge is -2.08. The molecule has 0 saturated heterocycles. The van der Waals surface area contributed by atoms with E-state index in [2.05, 4.69) is 23.5 Å². The highest BCUT2D eigenvalue weighted by Crippen LogP contribution is 2.33. The Balaban J connectivity index is 1.38.